The van der Waals surface area contributed by atoms with E-state index in [1.54, 1.807) is 18.2 Å². The molecule has 1 aromatic carbocycles. The number of hydrogen-bond donors (Lipinski definition) is 3. The van der Waals surface area contributed by atoms with E-state index in [1.165, 1.54) is 12.8 Å². The largest absolute Gasteiger partial charge is 0.489 e. The highest BCUT2D eigenvalue weighted by atomic mass is 127. The molecule has 2 aliphatic rings. The fourth-order valence-corrected chi connectivity index (χ4v) is 3.97. The number of rotatable bonds is 8. The van der Waals surface area contributed by atoms with Crippen LogP contribution in [0.1, 0.15) is 33.1 Å². The Bertz CT molecular complexity index is 690. The molecule has 164 valence electrons. The Morgan fingerprint density at radius 2 is 2.14 bits per heavy atom. The van der Waals surface area contributed by atoms with Crippen LogP contribution in [0.25, 0.3) is 0 Å². The number of nitrogens with one attached hydrogen (secondary N) is 2. The second kappa shape index (κ2) is 11.8. The molecule has 3 rings (SSSR count). The second-order valence-electron chi connectivity index (χ2n) is 7.59. The third-order valence-corrected chi connectivity index (χ3v) is 5.93. The van der Waals surface area contributed by atoms with Gasteiger partial charge in [0.05, 0.1) is 11.6 Å². The van der Waals surface area contributed by atoms with Gasteiger partial charge in [-0.25, -0.2) is 0 Å². The summed E-state index contributed by atoms with van der Waals surface area (Å²) in [5, 5.41) is 17.8. The molecule has 0 amide bonds. The van der Waals surface area contributed by atoms with E-state index in [4.69, 9.17) is 27.9 Å². The summed E-state index contributed by atoms with van der Waals surface area (Å²) < 4.78 is 5.58. The van der Waals surface area contributed by atoms with Crippen molar-refractivity contribution < 1.29 is 9.84 Å². The normalized spacial score (nSPS) is 23.4. The molecule has 3 atom stereocenters. The molecule has 2 fully saturated rings. The standard InChI is InChI=1S/C20H30Cl2N4O2.HI/c1-3-23-20(25-14-9-13(2)26(11-14)15-7-8-15)24-10-16(27)12-28-18-6-4-5-17(21)19(18)22;/h4-6,13-16,27H,3,7-12H2,1-2H3,(H2,23,24,25);1H. The fraction of sp³-hybridized carbons (Fsp3) is 0.650. The van der Waals surface area contributed by atoms with Crippen molar-refractivity contribution in [2.45, 2.75) is 57.3 Å². The molecule has 1 saturated heterocycles. The van der Waals surface area contributed by atoms with E-state index in [9.17, 15) is 5.11 Å². The maximum absolute atomic E-state index is 10.2. The van der Waals surface area contributed by atoms with E-state index >= 15 is 0 Å². The molecule has 29 heavy (non-hydrogen) atoms. The third-order valence-electron chi connectivity index (χ3n) is 5.13. The van der Waals surface area contributed by atoms with Crippen molar-refractivity contribution in [2.75, 3.05) is 26.2 Å². The quantitative estimate of drug-likeness (QED) is 0.260. The minimum atomic E-state index is -0.740. The van der Waals surface area contributed by atoms with E-state index < -0.39 is 6.10 Å². The first-order chi connectivity index (χ1) is 13.5. The maximum Gasteiger partial charge on any atom is 0.191 e. The lowest BCUT2D eigenvalue weighted by molar-refractivity contribution is 0.114. The van der Waals surface area contributed by atoms with Crippen molar-refractivity contribution in [2.24, 2.45) is 4.99 Å². The van der Waals surface area contributed by atoms with Gasteiger partial charge >= 0.3 is 0 Å². The lowest BCUT2D eigenvalue weighted by Crippen LogP contribution is -2.45. The van der Waals surface area contributed by atoms with Crippen LogP contribution in [0.4, 0.5) is 0 Å². The van der Waals surface area contributed by atoms with Gasteiger partial charge < -0.3 is 20.5 Å². The van der Waals surface area contributed by atoms with Crippen molar-refractivity contribution in [3.8, 4) is 5.75 Å². The summed E-state index contributed by atoms with van der Waals surface area (Å²) in [5.74, 6) is 1.19. The number of likely N-dealkylation sites (tertiary alicyclic amines) is 1. The average molecular weight is 557 g/mol. The molecule has 1 aliphatic carbocycles. The van der Waals surface area contributed by atoms with Crippen LogP contribution in [-0.2, 0) is 0 Å². The van der Waals surface area contributed by atoms with E-state index in [-0.39, 0.29) is 37.1 Å². The summed E-state index contributed by atoms with van der Waals surface area (Å²) in [4.78, 5) is 7.12. The number of ether oxygens (including phenoxy) is 1. The Hall–Kier alpha value is -0.480. The molecule has 6 nitrogen and oxygen atoms in total. The highest BCUT2D eigenvalue weighted by Crippen LogP contribution is 2.33. The van der Waals surface area contributed by atoms with Gasteiger partial charge in [-0.1, -0.05) is 29.3 Å². The van der Waals surface area contributed by atoms with E-state index in [1.807, 2.05) is 6.92 Å². The molecule has 0 radical (unpaired) electrons. The number of hydrogen-bond acceptors (Lipinski definition) is 4. The molecule has 0 aromatic heterocycles. The molecule has 0 spiro atoms. The number of aliphatic hydroxyl groups is 1. The number of aliphatic imine (C=N–C) groups is 1. The zero-order valence-electron chi connectivity index (χ0n) is 16.9. The first kappa shape index (κ1) is 24.8. The average Bonchev–Trinajstić information content (AvgIpc) is 3.44. The zero-order chi connectivity index (χ0) is 20.1. The Morgan fingerprint density at radius 1 is 1.38 bits per heavy atom. The van der Waals surface area contributed by atoms with Gasteiger partial charge in [-0.05, 0) is 45.2 Å². The van der Waals surface area contributed by atoms with Gasteiger partial charge in [0.25, 0.3) is 0 Å². The summed E-state index contributed by atoms with van der Waals surface area (Å²) in [6, 6.07) is 6.94. The predicted molar refractivity (Wildman–Crippen MR) is 130 cm³/mol. The van der Waals surface area contributed by atoms with Crippen molar-refractivity contribution in [1.29, 1.82) is 0 Å². The van der Waals surface area contributed by atoms with Gasteiger partial charge in [0, 0.05) is 31.2 Å². The van der Waals surface area contributed by atoms with Crippen molar-refractivity contribution in [3.05, 3.63) is 28.2 Å². The first-order valence-electron chi connectivity index (χ1n) is 10.0. The molecule has 3 unspecified atom stereocenters. The fourth-order valence-electron chi connectivity index (χ4n) is 3.62. The minimum absolute atomic E-state index is 0. The number of guanidine groups is 1. The summed E-state index contributed by atoms with van der Waals surface area (Å²) in [5.41, 5.74) is 0. The van der Waals surface area contributed by atoms with Gasteiger partial charge in [-0.3, -0.25) is 9.89 Å². The topological polar surface area (TPSA) is 69.1 Å². The summed E-state index contributed by atoms with van der Waals surface area (Å²) in [6.45, 7) is 6.49. The van der Waals surface area contributed by atoms with Gasteiger partial charge in [0.2, 0.25) is 0 Å². The Kier molecular flexibility index (Phi) is 10.1. The molecule has 1 saturated carbocycles. The van der Waals surface area contributed by atoms with Gasteiger partial charge in [0.15, 0.2) is 5.96 Å². The zero-order valence-corrected chi connectivity index (χ0v) is 20.7. The summed E-state index contributed by atoms with van der Waals surface area (Å²) in [6.07, 6.45) is 3.03. The third kappa shape index (κ3) is 7.31. The molecule has 1 heterocycles. The number of benzene rings is 1. The number of nitrogens with zero attached hydrogens (tertiary/aromatic N) is 2. The van der Waals surface area contributed by atoms with Crippen LogP contribution in [0.15, 0.2) is 23.2 Å². The van der Waals surface area contributed by atoms with Crippen molar-refractivity contribution in [1.82, 2.24) is 15.5 Å². The molecule has 3 N–H and O–H groups in total. The lowest BCUT2D eigenvalue weighted by Gasteiger charge is -2.20. The second-order valence-corrected chi connectivity index (χ2v) is 8.38. The highest BCUT2D eigenvalue weighted by molar-refractivity contribution is 14.0. The van der Waals surface area contributed by atoms with Crippen molar-refractivity contribution >= 4 is 53.1 Å². The van der Waals surface area contributed by atoms with Crippen molar-refractivity contribution in [3.63, 3.8) is 0 Å². The van der Waals surface area contributed by atoms with Crippen LogP contribution in [0.3, 0.4) is 0 Å². The molecular formula is C20H31Cl2IN4O2. The molecule has 1 aliphatic heterocycles. The predicted octanol–water partition coefficient (Wildman–Crippen LogP) is 3.53. The van der Waals surface area contributed by atoms with E-state index in [0.29, 0.717) is 27.9 Å². The Labute approximate surface area is 200 Å². The van der Waals surface area contributed by atoms with Crippen LogP contribution in [0, 0.1) is 0 Å². The Morgan fingerprint density at radius 3 is 2.83 bits per heavy atom. The van der Waals surface area contributed by atoms with E-state index in [2.05, 4.69) is 27.4 Å². The van der Waals surface area contributed by atoms with Gasteiger partial charge in [-0.2, -0.15) is 0 Å². The smallest absolute Gasteiger partial charge is 0.191 e. The lowest BCUT2D eigenvalue weighted by atomic mass is 10.2. The molecular weight excluding hydrogens is 526 g/mol. The number of halogens is 3. The summed E-state index contributed by atoms with van der Waals surface area (Å²) in [7, 11) is 0. The van der Waals surface area contributed by atoms with Crippen LogP contribution < -0.4 is 15.4 Å². The van der Waals surface area contributed by atoms with Crippen LogP contribution >= 0.6 is 47.2 Å². The van der Waals surface area contributed by atoms with Crippen LogP contribution in [0.2, 0.25) is 10.0 Å². The van der Waals surface area contributed by atoms with E-state index in [0.717, 1.165) is 31.5 Å². The SMILES string of the molecule is CCNC(=NCC(O)COc1cccc(Cl)c1Cl)NC1CC(C)N(C2CC2)C1.I. The molecule has 0 bridgehead atoms. The first-order valence-corrected chi connectivity index (χ1v) is 10.8. The van der Waals surface area contributed by atoms with Crippen LogP contribution in [0.5, 0.6) is 5.75 Å². The molecule has 1 aromatic rings. The molecule has 9 heteroatoms. The van der Waals surface area contributed by atoms with Gasteiger partial charge in [0.1, 0.15) is 23.5 Å². The monoisotopic (exact) mass is 556 g/mol. The summed E-state index contributed by atoms with van der Waals surface area (Å²) >= 11 is 12.1. The van der Waals surface area contributed by atoms with Gasteiger partial charge in [-0.15, -0.1) is 24.0 Å². The maximum atomic E-state index is 10.2. The minimum Gasteiger partial charge on any atom is -0.489 e. The number of aliphatic hydroxyl groups excluding tert-OH is 1. The van der Waals surface area contributed by atoms with Crippen LogP contribution in [-0.4, -0.2) is 66.4 Å². The Balaban J connectivity index is 0.00000300. The highest BCUT2D eigenvalue weighted by Gasteiger charge is 2.38.